The Morgan fingerprint density at radius 2 is 1.79 bits per heavy atom. The van der Waals surface area contributed by atoms with E-state index in [-0.39, 0.29) is 38.0 Å². The lowest BCUT2D eigenvalue weighted by Gasteiger charge is -2.40. The van der Waals surface area contributed by atoms with Gasteiger partial charge in [0.25, 0.3) is 5.91 Å². The van der Waals surface area contributed by atoms with Crippen LogP contribution in [0, 0.1) is 17.2 Å². The number of benzene rings is 2. The number of rotatable bonds is 6. The molecule has 11 heteroatoms. The highest BCUT2D eigenvalue weighted by atomic mass is 19.4. The number of hydrogen-bond donors (Lipinski definition) is 2. The van der Waals surface area contributed by atoms with Crippen molar-refractivity contribution in [3.05, 3.63) is 59.2 Å². The van der Waals surface area contributed by atoms with Gasteiger partial charge in [0.1, 0.15) is 17.0 Å². The van der Waals surface area contributed by atoms with Crippen LogP contribution in [0.1, 0.15) is 50.3 Å². The van der Waals surface area contributed by atoms with Crippen LogP contribution in [0.3, 0.4) is 0 Å². The number of nitrogens with zero attached hydrogens (tertiary/aromatic N) is 2. The third kappa shape index (κ3) is 7.41. The van der Waals surface area contributed by atoms with Crippen LogP contribution in [-0.2, 0) is 22.1 Å². The molecule has 0 aromatic heterocycles. The van der Waals surface area contributed by atoms with Gasteiger partial charge in [0, 0.05) is 31.1 Å². The fourth-order valence-electron chi connectivity index (χ4n) is 4.56. The molecule has 0 radical (unpaired) electrons. The Kier molecular flexibility index (Phi) is 8.80. The van der Waals surface area contributed by atoms with Gasteiger partial charge in [-0.1, -0.05) is 12.1 Å². The molecule has 1 atom stereocenters. The van der Waals surface area contributed by atoms with Gasteiger partial charge >= 0.3 is 12.3 Å². The molecule has 2 aromatic carbocycles. The molecule has 1 saturated heterocycles. The zero-order chi connectivity index (χ0) is 29.0. The molecular weight excluding hydrogens is 515 g/mol. The van der Waals surface area contributed by atoms with Crippen LogP contribution in [0.15, 0.2) is 42.5 Å². The van der Waals surface area contributed by atoms with Gasteiger partial charge in [-0.3, -0.25) is 4.79 Å². The van der Waals surface area contributed by atoms with Crippen LogP contribution in [0.2, 0.25) is 0 Å². The number of carbonyl (C=O) groups excluding carboxylic acids is 2. The highest BCUT2D eigenvalue weighted by Crippen LogP contribution is 2.36. The van der Waals surface area contributed by atoms with Crippen LogP contribution >= 0.6 is 0 Å². The van der Waals surface area contributed by atoms with Gasteiger partial charge in [0.15, 0.2) is 0 Å². The van der Waals surface area contributed by atoms with Crippen molar-refractivity contribution in [2.24, 2.45) is 5.92 Å². The van der Waals surface area contributed by atoms with E-state index >= 15 is 0 Å². The van der Waals surface area contributed by atoms with Crippen molar-refractivity contribution >= 4 is 17.7 Å². The molecule has 210 valence electrons. The molecule has 0 bridgehead atoms. The second-order valence-electron chi connectivity index (χ2n) is 10.5. The van der Waals surface area contributed by atoms with Crippen molar-refractivity contribution in [1.82, 2.24) is 4.90 Å². The first-order valence-corrected chi connectivity index (χ1v) is 12.4. The van der Waals surface area contributed by atoms with Crippen molar-refractivity contribution in [3.8, 4) is 11.8 Å². The van der Waals surface area contributed by atoms with Gasteiger partial charge in [-0.05, 0) is 69.5 Å². The molecule has 3 rings (SSSR count). The summed E-state index contributed by atoms with van der Waals surface area (Å²) in [5, 5.41) is 23.3. The predicted octanol–water partition coefficient (Wildman–Crippen LogP) is 5.15. The van der Waals surface area contributed by atoms with E-state index in [2.05, 4.69) is 5.32 Å². The van der Waals surface area contributed by atoms with Crippen LogP contribution in [0.5, 0.6) is 5.75 Å². The number of carbonyl (C=O) groups is 2. The Morgan fingerprint density at radius 3 is 2.36 bits per heavy atom. The number of piperidine rings is 1. The Labute approximate surface area is 225 Å². The summed E-state index contributed by atoms with van der Waals surface area (Å²) in [5.74, 6) is -1.00. The van der Waals surface area contributed by atoms with Crippen molar-refractivity contribution in [1.29, 1.82) is 5.26 Å². The van der Waals surface area contributed by atoms with Gasteiger partial charge in [-0.2, -0.15) is 18.4 Å². The van der Waals surface area contributed by atoms with Crippen LogP contribution in [0.25, 0.3) is 0 Å². The zero-order valence-electron chi connectivity index (χ0n) is 22.3. The van der Waals surface area contributed by atoms with Crippen LogP contribution in [-0.4, -0.2) is 53.4 Å². The lowest BCUT2D eigenvalue weighted by Crippen LogP contribution is -2.55. The first kappa shape index (κ1) is 29.8. The van der Waals surface area contributed by atoms with Gasteiger partial charge in [0.05, 0.1) is 24.3 Å². The SMILES string of the molecule is COc1cccc(CC(O)(C(=O)Nc2ccc(C#N)c(C(F)(F)F)c2)C2CCN(C(=O)OC(C)(C)C)CC2)c1. The molecule has 2 N–H and O–H groups in total. The Balaban J connectivity index is 1.89. The van der Waals surface area contributed by atoms with E-state index in [1.807, 2.05) is 0 Å². The van der Waals surface area contributed by atoms with E-state index in [9.17, 15) is 27.9 Å². The van der Waals surface area contributed by atoms with Gasteiger partial charge in [-0.25, -0.2) is 4.79 Å². The maximum absolute atomic E-state index is 13.6. The topological polar surface area (TPSA) is 112 Å². The Bertz CT molecular complexity index is 1240. The monoisotopic (exact) mass is 547 g/mol. The Morgan fingerprint density at radius 1 is 1.13 bits per heavy atom. The largest absolute Gasteiger partial charge is 0.497 e. The third-order valence-corrected chi connectivity index (χ3v) is 6.53. The zero-order valence-corrected chi connectivity index (χ0v) is 22.3. The van der Waals surface area contributed by atoms with E-state index < -0.39 is 46.4 Å². The molecule has 0 saturated carbocycles. The van der Waals surface area contributed by atoms with Crippen molar-refractivity contribution in [2.75, 3.05) is 25.5 Å². The molecule has 8 nitrogen and oxygen atoms in total. The lowest BCUT2D eigenvalue weighted by molar-refractivity contribution is -0.142. The highest BCUT2D eigenvalue weighted by molar-refractivity contribution is 5.97. The van der Waals surface area contributed by atoms with Crippen LogP contribution < -0.4 is 10.1 Å². The molecule has 2 aromatic rings. The molecule has 39 heavy (non-hydrogen) atoms. The first-order valence-electron chi connectivity index (χ1n) is 12.4. The lowest BCUT2D eigenvalue weighted by atomic mass is 9.76. The average Bonchev–Trinajstić information content (AvgIpc) is 2.87. The second-order valence-corrected chi connectivity index (χ2v) is 10.5. The standard InChI is InChI=1S/C28H32F3N3O5/c1-26(2,3)39-25(36)34-12-10-20(11-13-34)27(37,16-18-6-5-7-22(14-18)38-4)24(35)33-21-9-8-19(17-32)23(15-21)28(29,30)31/h5-9,14-15,20,37H,10-13,16H2,1-4H3,(H,33,35). The molecule has 1 unspecified atom stereocenters. The first-order chi connectivity index (χ1) is 18.2. The second kappa shape index (κ2) is 11.5. The number of methoxy groups -OCH3 is 1. The van der Waals surface area contributed by atoms with Crippen molar-refractivity contribution in [3.63, 3.8) is 0 Å². The fraction of sp³-hybridized carbons (Fsp3) is 0.464. The fourth-order valence-corrected chi connectivity index (χ4v) is 4.56. The van der Waals surface area contributed by atoms with E-state index in [4.69, 9.17) is 14.7 Å². The summed E-state index contributed by atoms with van der Waals surface area (Å²) in [6.07, 6.45) is -4.94. The number of halogens is 3. The average molecular weight is 548 g/mol. The number of amides is 2. The number of nitrogens with one attached hydrogen (secondary N) is 1. The summed E-state index contributed by atoms with van der Waals surface area (Å²) < 4.78 is 51.1. The van der Waals surface area contributed by atoms with E-state index in [1.54, 1.807) is 45.0 Å². The minimum Gasteiger partial charge on any atom is -0.497 e. The molecule has 0 spiro atoms. The number of ether oxygens (including phenoxy) is 2. The minimum atomic E-state index is -4.81. The predicted molar refractivity (Wildman–Crippen MR) is 137 cm³/mol. The quantitative estimate of drug-likeness (QED) is 0.518. The Hall–Kier alpha value is -3.78. The highest BCUT2D eigenvalue weighted by Gasteiger charge is 2.46. The summed E-state index contributed by atoms with van der Waals surface area (Å²) in [5.41, 5.74) is -4.11. The number of aliphatic hydroxyl groups is 1. The summed E-state index contributed by atoms with van der Waals surface area (Å²) in [6, 6.07) is 11.1. The minimum absolute atomic E-state index is 0.143. The van der Waals surface area contributed by atoms with Crippen molar-refractivity contribution < 1.29 is 37.3 Å². The molecule has 1 fully saturated rings. The van der Waals surface area contributed by atoms with E-state index in [0.717, 1.165) is 6.07 Å². The molecule has 1 heterocycles. The number of nitriles is 1. The number of anilines is 1. The molecule has 1 aliphatic heterocycles. The molecular formula is C28H32F3N3O5. The summed E-state index contributed by atoms with van der Waals surface area (Å²) >= 11 is 0. The number of hydrogen-bond acceptors (Lipinski definition) is 6. The normalized spacial score (nSPS) is 16.1. The van der Waals surface area contributed by atoms with E-state index in [0.29, 0.717) is 17.4 Å². The van der Waals surface area contributed by atoms with E-state index in [1.165, 1.54) is 24.1 Å². The van der Waals surface area contributed by atoms with Crippen LogP contribution in [0.4, 0.5) is 23.7 Å². The summed E-state index contributed by atoms with van der Waals surface area (Å²) in [6.45, 7) is 5.71. The maximum Gasteiger partial charge on any atom is 0.417 e. The van der Waals surface area contributed by atoms with Crippen molar-refractivity contribution in [2.45, 2.75) is 57.4 Å². The molecule has 2 amide bonds. The summed E-state index contributed by atoms with van der Waals surface area (Å²) in [7, 11) is 1.48. The van der Waals surface area contributed by atoms with Gasteiger partial charge in [0.2, 0.25) is 0 Å². The molecule has 1 aliphatic rings. The maximum atomic E-state index is 13.6. The van der Waals surface area contributed by atoms with Gasteiger partial charge in [-0.15, -0.1) is 0 Å². The number of likely N-dealkylation sites (tertiary alicyclic amines) is 1. The molecule has 0 aliphatic carbocycles. The summed E-state index contributed by atoms with van der Waals surface area (Å²) in [4.78, 5) is 27.6. The van der Waals surface area contributed by atoms with Gasteiger partial charge < -0.3 is 24.8 Å². The number of alkyl halides is 3. The smallest absolute Gasteiger partial charge is 0.417 e. The third-order valence-electron chi connectivity index (χ3n) is 6.53.